The Morgan fingerprint density at radius 1 is 1.09 bits per heavy atom. The van der Waals surface area contributed by atoms with Crippen LogP contribution in [-0.2, 0) is 0 Å². The minimum atomic E-state index is -0.394. The fourth-order valence-electron chi connectivity index (χ4n) is 2.88. The first-order valence-electron chi connectivity index (χ1n) is 10.3. The van der Waals surface area contributed by atoms with Gasteiger partial charge in [-0.3, -0.25) is 9.89 Å². The van der Waals surface area contributed by atoms with Gasteiger partial charge in [0.15, 0.2) is 11.5 Å². The number of nitrogens with zero attached hydrogens (tertiary/aromatic N) is 2. The smallest absolute Gasteiger partial charge is 0.289 e. The van der Waals surface area contributed by atoms with Gasteiger partial charge >= 0.3 is 0 Å². The van der Waals surface area contributed by atoms with E-state index in [1.807, 2.05) is 30.3 Å². The van der Waals surface area contributed by atoms with E-state index in [-0.39, 0.29) is 0 Å². The van der Waals surface area contributed by atoms with E-state index in [1.54, 1.807) is 32.4 Å². The van der Waals surface area contributed by atoms with E-state index in [4.69, 9.17) is 14.2 Å². The van der Waals surface area contributed by atoms with Crippen LogP contribution in [0.2, 0.25) is 0 Å². The van der Waals surface area contributed by atoms with Crippen LogP contribution in [0, 0.1) is 5.92 Å². The van der Waals surface area contributed by atoms with Gasteiger partial charge in [0.1, 0.15) is 11.4 Å². The number of aromatic nitrogens is 2. The second-order valence-corrected chi connectivity index (χ2v) is 7.54. The van der Waals surface area contributed by atoms with E-state index in [2.05, 4.69) is 34.6 Å². The first kappa shape index (κ1) is 22.9. The van der Waals surface area contributed by atoms with Gasteiger partial charge in [0.05, 0.1) is 32.7 Å². The number of carbonyl (C=O) groups excluding carboxylic acids is 1. The summed E-state index contributed by atoms with van der Waals surface area (Å²) in [7, 11) is 3.13. The zero-order valence-electron chi connectivity index (χ0n) is 18.7. The lowest BCUT2D eigenvalue weighted by Gasteiger charge is -2.08. The monoisotopic (exact) mass is 436 g/mol. The maximum absolute atomic E-state index is 12.4. The number of rotatable bonds is 10. The van der Waals surface area contributed by atoms with Crippen molar-refractivity contribution in [1.82, 2.24) is 15.6 Å². The fourth-order valence-corrected chi connectivity index (χ4v) is 2.88. The summed E-state index contributed by atoms with van der Waals surface area (Å²) < 4.78 is 16.2. The summed E-state index contributed by atoms with van der Waals surface area (Å²) in [5.74, 6) is 2.22. The molecule has 8 nitrogen and oxygen atoms in total. The number of hydrogen-bond donors (Lipinski definition) is 2. The zero-order valence-corrected chi connectivity index (χ0v) is 18.7. The van der Waals surface area contributed by atoms with Crippen molar-refractivity contribution in [3.63, 3.8) is 0 Å². The summed E-state index contributed by atoms with van der Waals surface area (Å²) >= 11 is 0. The van der Waals surface area contributed by atoms with Crippen molar-refractivity contribution < 1.29 is 19.0 Å². The molecule has 0 aliphatic carbocycles. The Morgan fingerprint density at radius 3 is 2.53 bits per heavy atom. The highest BCUT2D eigenvalue weighted by Gasteiger charge is 2.11. The van der Waals surface area contributed by atoms with Gasteiger partial charge in [0.25, 0.3) is 5.91 Å². The van der Waals surface area contributed by atoms with Gasteiger partial charge in [0, 0.05) is 5.56 Å². The highest BCUT2D eigenvalue weighted by molar-refractivity contribution is 5.94. The highest BCUT2D eigenvalue weighted by atomic mass is 16.5. The van der Waals surface area contributed by atoms with Crippen molar-refractivity contribution in [2.45, 2.75) is 20.3 Å². The molecule has 8 heteroatoms. The van der Waals surface area contributed by atoms with Crippen LogP contribution in [0.3, 0.4) is 0 Å². The number of carbonyl (C=O) groups is 1. The molecule has 32 heavy (non-hydrogen) atoms. The number of methoxy groups -OCH3 is 2. The van der Waals surface area contributed by atoms with Crippen LogP contribution in [0.15, 0.2) is 53.6 Å². The third-order valence-electron chi connectivity index (χ3n) is 4.72. The molecule has 3 rings (SSSR count). The predicted octanol–water partition coefficient (Wildman–Crippen LogP) is 4.28. The quantitative estimate of drug-likeness (QED) is 0.365. The van der Waals surface area contributed by atoms with Crippen LogP contribution >= 0.6 is 0 Å². The number of hydrazone groups is 1. The van der Waals surface area contributed by atoms with Gasteiger partial charge < -0.3 is 14.2 Å². The molecule has 3 aromatic rings. The van der Waals surface area contributed by atoms with E-state index in [9.17, 15) is 4.79 Å². The summed E-state index contributed by atoms with van der Waals surface area (Å²) in [5, 5.41) is 11.0. The van der Waals surface area contributed by atoms with E-state index in [1.165, 1.54) is 6.21 Å². The van der Waals surface area contributed by atoms with Crippen LogP contribution in [0.4, 0.5) is 0 Å². The van der Waals surface area contributed by atoms with Crippen LogP contribution in [0.25, 0.3) is 11.3 Å². The Kier molecular flexibility index (Phi) is 7.85. The summed E-state index contributed by atoms with van der Waals surface area (Å²) in [6.45, 7) is 5.02. The molecule has 0 saturated heterocycles. The lowest BCUT2D eigenvalue weighted by atomic mass is 10.1. The van der Waals surface area contributed by atoms with Gasteiger partial charge in [-0.2, -0.15) is 10.2 Å². The predicted molar refractivity (Wildman–Crippen MR) is 124 cm³/mol. The molecule has 1 aromatic heterocycles. The lowest BCUT2D eigenvalue weighted by Crippen LogP contribution is -2.18. The summed E-state index contributed by atoms with van der Waals surface area (Å²) in [5.41, 5.74) is 5.09. The molecule has 168 valence electrons. The number of nitrogens with one attached hydrogen (secondary N) is 2. The highest BCUT2D eigenvalue weighted by Crippen LogP contribution is 2.27. The van der Waals surface area contributed by atoms with Crippen LogP contribution in [0.5, 0.6) is 17.2 Å². The maximum atomic E-state index is 12.4. The molecule has 0 unspecified atom stereocenters. The molecule has 0 atom stereocenters. The normalized spacial score (nSPS) is 11.0. The maximum Gasteiger partial charge on any atom is 0.289 e. The number of aromatic amines is 1. The molecule has 0 aliphatic heterocycles. The summed E-state index contributed by atoms with van der Waals surface area (Å²) in [4.78, 5) is 12.4. The Bertz CT molecular complexity index is 1060. The Morgan fingerprint density at radius 2 is 1.84 bits per heavy atom. The molecule has 0 spiro atoms. The number of ether oxygens (including phenoxy) is 3. The van der Waals surface area contributed by atoms with Crippen LogP contribution in [-0.4, -0.2) is 43.1 Å². The second kappa shape index (κ2) is 11.0. The Labute approximate surface area is 187 Å². The molecular weight excluding hydrogens is 408 g/mol. The van der Waals surface area contributed by atoms with Crippen molar-refractivity contribution in [3.8, 4) is 28.5 Å². The van der Waals surface area contributed by atoms with Crippen LogP contribution < -0.4 is 19.6 Å². The van der Waals surface area contributed by atoms with Crippen molar-refractivity contribution in [3.05, 3.63) is 59.8 Å². The topological polar surface area (TPSA) is 97.8 Å². The van der Waals surface area contributed by atoms with Gasteiger partial charge in [0.2, 0.25) is 0 Å². The number of amides is 1. The first-order valence-corrected chi connectivity index (χ1v) is 10.3. The Balaban J connectivity index is 1.58. The third kappa shape index (κ3) is 6.10. The van der Waals surface area contributed by atoms with Gasteiger partial charge in [-0.25, -0.2) is 5.43 Å². The van der Waals surface area contributed by atoms with E-state index in [0.717, 1.165) is 23.3 Å². The average Bonchev–Trinajstić information content (AvgIpc) is 3.29. The molecular formula is C24H28N4O4. The average molecular weight is 437 g/mol. The van der Waals surface area contributed by atoms with E-state index in [0.29, 0.717) is 35.4 Å². The third-order valence-corrected chi connectivity index (χ3v) is 4.72. The number of H-pyrrole nitrogens is 1. The van der Waals surface area contributed by atoms with E-state index < -0.39 is 5.91 Å². The minimum absolute atomic E-state index is 0.307. The lowest BCUT2D eigenvalue weighted by molar-refractivity contribution is 0.0950. The van der Waals surface area contributed by atoms with Crippen molar-refractivity contribution in [1.29, 1.82) is 0 Å². The van der Waals surface area contributed by atoms with Gasteiger partial charge in [-0.1, -0.05) is 13.8 Å². The molecule has 0 radical (unpaired) electrons. The van der Waals surface area contributed by atoms with Crippen molar-refractivity contribution >= 4 is 12.1 Å². The summed E-state index contributed by atoms with van der Waals surface area (Å²) in [6, 6.07) is 14.6. The molecule has 1 amide bonds. The molecule has 0 bridgehead atoms. The van der Waals surface area contributed by atoms with Crippen LogP contribution in [0.1, 0.15) is 36.3 Å². The number of benzene rings is 2. The number of hydrogen-bond acceptors (Lipinski definition) is 6. The first-order chi connectivity index (χ1) is 15.5. The standard InChI is InChI=1S/C24H28N4O4/c1-16(2)11-12-32-19-8-6-18(7-9-19)20-14-21(27-26-20)24(29)28-25-15-17-5-10-22(30-3)23(13-17)31-4/h5-10,13-16H,11-12H2,1-4H3,(H,26,27)(H,28,29)/b25-15+. The minimum Gasteiger partial charge on any atom is -0.494 e. The Hall–Kier alpha value is -3.81. The molecule has 2 N–H and O–H groups in total. The van der Waals surface area contributed by atoms with E-state index >= 15 is 0 Å². The second-order valence-electron chi connectivity index (χ2n) is 7.54. The fraction of sp³-hybridized carbons (Fsp3) is 0.292. The zero-order chi connectivity index (χ0) is 22.9. The summed E-state index contributed by atoms with van der Waals surface area (Å²) in [6.07, 6.45) is 2.53. The molecule has 0 fully saturated rings. The largest absolute Gasteiger partial charge is 0.494 e. The molecule has 0 saturated carbocycles. The van der Waals surface area contributed by atoms with Crippen molar-refractivity contribution in [2.75, 3.05) is 20.8 Å². The van der Waals surface area contributed by atoms with Gasteiger partial charge in [-0.15, -0.1) is 0 Å². The molecule has 1 heterocycles. The molecule has 2 aromatic carbocycles. The molecule has 0 aliphatic rings. The van der Waals surface area contributed by atoms with Crippen molar-refractivity contribution in [2.24, 2.45) is 11.0 Å². The SMILES string of the molecule is COc1ccc(/C=N/NC(=O)c2cc(-c3ccc(OCCC(C)C)cc3)n[nH]2)cc1OC. The van der Waals surface area contributed by atoms with Gasteiger partial charge in [-0.05, 0) is 66.4 Å².